The fourth-order valence-corrected chi connectivity index (χ4v) is 5.33. The third-order valence-corrected chi connectivity index (χ3v) is 7.07. The van der Waals surface area contributed by atoms with Crippen LogP contribution in [0.4, 0.5) is 0 Å². The van der Waals surface area contributed by atoms with Gasteiger partial charge in [-0.3, -0.25) is 4.79 Å². The number of fused-ring (bicyclic) bond motifs is 5. The molecule has 4 aliphatic heterocycles. The molecule has 1 atom stereocenters. The first-order chi connectivity index (χ1) is 16.1. The summed E-state index contributed by atoms with van der Waals surface area (Å²) in [6, 6.07) is 12.1. The lowest BCUT2D eigenvalue weighted by Crippen LogP contribution is -2.59. The van der Waals surface area contributed by atoms with Gasteiger partial charge in [0.1, 0.15) is 13.2 Å². The van der Waals surface area contributed by atoms with Crippen LogP contribution in [0.3, 0.4) is 0 Å². The van der Waals surface area contributed by atoms with E-state index in [1.807, 2.05) is 35.2 Å². The minimum Gasteiger partial charge on any atom is -0.493 e. The Hall–Kier alpha value is -3.42. The van der Waals surface area contributed by atoms with Crippen molar-refractivity contribution in [3.63, 3.8) is 0 Å². The van der Waals surface area contributed by atoms with Crippen molar-refractivity contribution in [1.82, 2.24) is 9.91 Å². The van der Waals surface area contributed by atoms with Crippen LogP contribution in [-0.2, 0) is 4.79 Å². The first-order valence-electron chi connectivity index (χ1n) is 11.5. The number of hydrazone groups is 1. The van der Waals surface area contributed by atoms with Crippen molar-refractivity contribution >= 4 is 11.6 Å². The average Bonchev–Trinajstić information content (AvgIpc) is 3.31. The van der Waals surface area contributed by atoms with Crippen molar-refractivity contribution in [3.05, 3.63) is 47.5 Å². The highest BCUT2D eigenvalue weighted by molar-refractivity contribution is 6.02. The molecule has 6 rings (SSSR count). The highest BCUT2D eigenvalue weighted by Crippen LogP contribution is 2.53. The summed E-state index contributed by atoms with van der Waals surface area (Å²) < 4.78 is 23.8. The normalized spacial score (nSPS) is 22.2. The SMILES string of the molecule is COc1cccc2c1OC1(CCN(C(C)=O)CC1)N1N=C(c3ccc4c(c3)OCCO4)C[C@H]21. The lowest BCUT2D eigenvalue weighted by atomic mass is 9.90. The second-order valence-electron chi connectivity index (χ2n) is 8.90. The van der Waals surface area contributed by atoms with E-state index in [-0.39, 0.29) is 11.9 Å². The predicted molar refractivity (Wildman–Crippen MR) is 121 cm³/mol. The molecule has 1 spiro atoms. The molecule has 0 N–H and O–H groups in total. The van der Waals surface area contributed by atoms with Gasteiger partial charge in [0.05, 0.1) is 18.9 Å². The molecule has 33 heavy (non-hydrogen) atoms. The fraction of sp³-hybridized carbons (Fsp3) is 0.440. The van der Waals surface area contributed by atoms with Crippen LogP contribution in [0.5, 0.6) is 23.0 Å². The third kappa shape index (κ3) is 3.19. The number of hydrogen-bond acceptors (Lipinski definition) is 7. The monoisotopic (exact) mass is 449 g/mol. The molecule has 8 heteroatoms. The van der Waals surface area contributed by atoms with Crippen molar-refractivity contribution in [1.29, 1.82) is 0 Å². The number of carbonyl (C=O) groups is 1. The largest absolute Gasteiger partial charge is 0.493 e. The highest BCUT2D eigenvalue weighted by atomic mass is 16.6. The van der Waals surface area contributed by atoms with Crippen LogP contribution in [0.15, 0.2) is 41.5 Å². The fourth-order valence-electron chi connectivity index (χ4n) is 5.33. The summed E-state index contributed by atoms with van der Waals surface area (Å²) in [5, 5.41) is 7.25. The van der Waals surface area contributed by atoms with Gasteiger partial charge < -0.3 is 23.8 Å². The molecule has 1 saturated heterocycles. The third-order valence-electron chi connectivity index (χ3n) is 7.07. The van der Waals surface area contributed by atoms with Crippen molar-refractivity contribution in [2.45, 2.75) is 38.0 Å². The summed E-state index contributed by atoms with van der Waals surface area (Å²) >= 11 is 0. The van der Waals surface area contributed by atoms with E-state index in [2.05, 4.69) is 11.1 Å². The number of methoxy groups -OCH3 is 1. The van der Waals surface area contributed by atoms with Crippen LogP contribution in [0.25, 0.3) is 0 Å². The van der Waals surface area contributed by atoms with E-state index in [0.717, 1.165) is 46.3 Å². The topological polar surface area (TPSA) is 72.8 Å². The summed E-state index contributed by atoms with van der Waals surface area (Å²) in [4.78, 5) is 13.8. The molecule has 172 valence electrons. The average molecular weight is 450 g/mol. The lowest BCUT2D eigenvalue weighted by molar-refractivity contribution is -0.159. The zero-order chi connectivity index (χ0) is 22.6. The van der Waals surface area contributed by atoms with E-state index in [9.17, 15) is 4.79 Å². The summed E-state index contributed by atoms with van der Waals surface area (Å²) in [5.41, 5.74) is 2.47. The van der Waals surface area contributed by atoms with Gasteiger partial charge in [-0.1, -0.05) is 12.1 Å². The number of amides is 1. The van der Waals surface area contributed by atoms with Crippen LogP contribution < -0.4 is 18.9 Å². The van der Waals surface area contributed by atoms with E-state index in [1.54, 1.807) is 14.0 Å². The molecule has 0 aromatic heterocycles. The first-order valence-corrected chi connectivity index (χ1v) is 11.5. The molecule has 1 fully saturated rings. The van der Waals surface area contributed by atoms with Gasteiger partial charge in [-0.05, 0) is 24.3 Å². The Morgan fingerprint density at radius 2 is 1.91 bits per heavy atom. The molecule has 2 aromatic carbocycles. The number of hydrogen-bond donors (Lipinski definition) is 0. The minimum absolute atomic E-state index is 0.0379. The maximum Gasteiger partial charge on any atom is 0.219 e. The summed E-state index contributed by atoms with van der Waals surface area (Å²) in [6.45, 7) is 4.01. The molecule has 0 bridgehead atoms. The standard InChI is InChI=1S/C25H27N3O5/c1-16(29)27-10-8-25(9-11-27)28-20(18-4-3-5-22(30-2)24(18)33-25)15-19(26-28)17-6-7-21-23(14-17)32-13-12-31-21/h3-7,14,20H,8-13,15H2,1-2H3/t20-/m1/s1. The Balaban J connectivity index is 1.40. The summed E-state index contributed by atoms with van der Waals surface area (Å²) in [7, 11) is 1.67. The van der Waals surface area contributed by atoms with E-state index >= 15 is 0 Å². The van der Waals surface area contributed by atoms with Crippen molar-refractivity contribution in [2.75, 3.05) is 33.4 Å². The van der Waals surface area contributed by atoms with Gasteiger partial charge in [0.25, 0.3) is 0 Å². The molecule has 0 unspecified atom stereocenters. The van der Waals surface area contributed by atoms with Crippen LogP contribution >= 0.6 is 0 Å². The molecular formula is C25H27N3O5. The molecule has 0 aliphatic carbocycles. The van der Waals surface area contributed by atoms with Crippen LogP contribution in [0, 0.1) is 0 Å². The first kappa shape index (κ1) is 20.2. The Labute approximate surface area is 192 Å². The van der Waals surface area contributed by atoms with Gasteiger partial charge in [-0.2, -0.15) is 5.10 Å². The van der Waals surface area contributed by atoms with Crippen molar-refractivity contribution in [3.8, 4) is 23.0 Å². The molecule has 2 aromatic rings. The lowest BCUT2D eigenvalue weighted by Gasteiger charge is -2.51. The minimum atomic E-state index is -0.617. The quantitative estimate of drug-likeness (QED) is 0.700. The van der Waals surface area contributed by atoms with Gasteiger partial charge in [-0.25, -0.2) is 5.01 Å². The predicted octanol–water partition coefficient (Wildman–Crippen LogP) is 3.35. The number of rotatable bonds is 2. The molecule has 0 radical (unpaired) electrons. The number of carbonyl (C=O) groups excluding carboxylic acids is 1. The zero-order valence-corrected chi connectivity index (χ0v) is 18.9. The maximum absolute atomic E-state index is 12.0. The van der Waals surface area contributed by atoms with Crippen LogP contribution in [0.2, 0.25) is 0 Å². The van der Waals surface area contributed by atoms with Crippen LogP contribution in [0.1, 0.15) is 43.4 Å². The number of likely N-dealkylation sites (tertiary alicyclic amines) is 1. The highest BCUT2D eigenvalue weighted by Gasteiger charge is 2.52. The molecule has 0 saturated carbocycles. The van der Waals surface area contributed by atoms with E-state index in [4.69, 9.17) is 24.0 Å². The van der Waals surface area contributed by atoms with Crippen molar-refractivity contribution < 1.29 is 23.7 Å². The Morgan fingerprint density at radius 1 is 1.12 bits per heavy atom. The second kappa shape index (κ2) is 7.57. The number of benzene rings is 2. The molecule has 4 aliphatic rings. The van der Waals surface area contributed by atoms with E-state index in [1.165, 1.54) is 0 Å². The van der Waals surface area contributed by atoms with E-state index < -0.39 is 5.72 Å². The molecule has 1 amide bonds. The second-order valence-corrected chi connectivity index (χ2v) is 8.90. The maximum atomic E-state index is 12.0. The summed E-state index contributed by atoms with van der Waals surface area (Å²) in [5.74, 6) is 3.14. The Kier molecular flexibility index (Phi) is 4.64. The molecular weight excluding hydrogens is 422 g/mol. The zero-order valence-electron chi connectivity index (χ0n) is 18.9. The Bertz CT molecular complexity index is 1140. The van der Waals surface area contributed by atoms with Gasteiger partial charge in [-0.15, -0.1) is 0 Å². The number of ether oxygens (including phenoxy) is 4. The summed E-state index contributed by atoms with van der Waals surface area (Å²) in [6.07, 6.45) is 2.11. The van der Waals surface area contributed by atoms with Crippen molar-refractivity contribution in [2.24, 2.45) is 5.10 Å². The smallest absolute Gasteiger partial charge is 0.219 e. The number of piperidine rings is 1. The van der Waals surface area contributed by atoms with E-state index in [0.29, 0.717) is 39.1 Å². The number of para-hydroxylation sites is 1. The van der Waals surface area contributed by atoms with Crippen LogP contribution in [-0.4, -0.2) is 60.7 Å². The van der Waals surface area contributed by atoms with Gasteiger partial charge in [0.2, 0.25) is 11.6 Å². The molecule has 4 heterocycles. The number of nitrogens with zero attached hydrogens (tertiary/aromatic N) is 3. The van der Waals surface area contributed by atoms with Gasteiger partial charge in [0.15, 0.2) is 23.0 Å². The van der Waals surface area contributed by atoms with Gasteiger partial charge >= 0.3 is 0 Å². The Morgan fingerprint density at radius 3 is 2.67 bits per heavy atom. The molecule has 8 nitrogen and oxygen atoms in total. The van der Waals surface area contributed by atoms with Gasteiger partial charge in [0, 0.05) is 50.4 Å².